The van der Waals surface area contributed by atoms with E-state index in [0.717, 1.165) is 0 Å². The molecule has 0 aliphatic heterocycles. The molecule has 3 N–H and O–H groups in total. The zero-order chi connectivity index (χ0) is 16.5. The lowest BCUT2D eigenvalue weighted by molar-refractivity contribution is -0.312. The van der Waals surface area contributed by atoms with E-state index in [1.54, 1.807) is 0 Å². The Kier molecular flexibility index (Phi) is 6.88. The number of hydrazine groups is 1. The highest BCUT2D eigenvalue weighted by Crippen LogP contribution is 2.12. The molecule has 120 valence electrons. The number of nitrogens with one attached hydrogen (secondary N) is 2. The fourth-order valence-corrected chi connectivity index (χ4v) is 1.91. The van der Waals surface area contributed by atoms with Crippen LogP contribution in [-0.2, 0) is 9.59 Å². The Morgan fingerprint density at radius 1 is 1.14 bits per heavy atom. The Morgan fingerprint density at radius 2 is 1.77 bits per heavy atom. The maximum absolute atomic E-state index is 11.7. The predicted molar refractivity (Wildman–Crippen MR) is 76.4 cm³/mol. The summed E-state index contributed by atoms with van der Waals surface area (Å²) in [6.07, 6.45) is 1.29. The van der Waals surface area contributed by atoms with Gasteiger partial charge in [0.05, 0.1) is 0 Å². The van der Waals surface area contributed by atoms with Crippen molar-refractivity contribution in [3.8, 4) is 5.75 Å². The number of carbonyl (C=O) groups excluding carboxylic acids is 3. The second-order valence-corrected chi connectivity index (χ2v) is 4.89. The van der Waals surface area contributed by atoms with Crippen LogP contribution in [-0.4, -0.2) is 22.9 Å². The third-order valence-electron chi connectivity index (χ3n) is 3.14. The minimum absolute atomic E-state index is 0.0193. The summed E-state index contributed by atoms with van der Waals surface area (Å²) in [6, 6.07) is 5.52. The number of hydrogen-bond acceptors (Lipinski definition) is 5. The van der Waals surface area contributed by atoms with Gasteiger partial charge in [-0.1, -0.05) is 13.3 Å². The summed E-state index contributed by atoms with van der Waals surface area (Å²) in [5.74, 6) is -2.80. The largest absolute Gasteiger partial charge is 0.550 e. The SMILES string of the molecule is CCC[C@H](CCC(=O)NNC(=O)c1ccc(O)cc1)C(=O)[O-]. The summed E-state index contributed by atoms with van der Waals surface area (Å²) >= 11 is 0. The number of carbonyl (C=O) groups is 3. The molecule has 1 aromatic rings. The van der Waals surface area contributed by atoms with E-state index in [0.29, 0.717) is 12.8 Å². The van der Waals surface area contributed by atoms with Crippen LogP contribution in [0.1, 0.15) is 43.0 Å². The highest BCUT2D eigenvalue weighted by molar-refractivity contribution is 5.95. The van der Waals surface area contributed by atoms with Crippen LogP contribution < -0.4 is 16.0 Å². The molecule has 0 spiro atoms. The molecule has 0 bridgehead atoms. The Labute approximate surface area is 128 Å². The van der Waals surface area contributed by atoms with Crippen molar-refractivity contribution < 1.29 is 24.6 Å². The second kappa shape index (κ2) is 8.66. The van der Waals surface area contributed by atoms with Gasteiger partial charge in [0.25, 0.3) is 5.91 Å². The maximum atomic E-state index is 11.7. The average Bonchev–Trinajstić information content (AvgIpc) is 2.49. The highest BCUT2D eigenvalue weighted by Gasteiger charge is 2.12. The third-order valence-corrected chi connectivity index (χ3v) is 3.14. The van der Waals surface area contributed by atoms with Gasteiger partial charge in [0.15, 0.2) is 0 Å². The molecule has 0 fully saturated rings. The van der Waals surface area contributed by atoms with Crippen LogP contribution in [0.15, 0.2) is 24.3 Å². The van der Waals surface area contributed by atoms with Crippen LogP contribution in [0.25, 0.3) is 0 Å². The number of benzene rings is 1. The number of amides is 2. The number of phenolic OH excluding ortho intramolecular Hbond substituents is 1. The van der Waals surface area contributed by atoms with E-state index in [9.17, 15) is 19.5 Å². The fraction of sp³-hybridized carbons (Fsp3) is 0.400. The van der Waals surface area contributed by atoms with Crippen molar-refractivity contribution in [3.05, 3.63) is 29.8 Å². The summed E-state index contributed by atoms with van der Waals surface area (Å²) in [7, 11) is 0. The first-order chi connectivity index (χ1) is 10.4. The molecule has 1 rings (SSSR count). The molecule has 7 heteroatoms. The summed E-state index contributed by atoms with van der Waals surface area (Å²) < 4.78 is 0. The number of aromatic hydroxyl groups is 1. The Morgan fingerprint density at radius 3 is 2.32 bits per heavy atom. The average molecular weight is 307 g/mol. The Balaban J connectivity index is 2.37. The van der Waals surface area contributed by atoms with Crippen LogP contribution >= 0.6 is 0 Å². The van der Waals surface area contributed by atoms with Crippen molar-refractivity contribution in [1.82, 2.24) is 10.9 Å². The van der Waals surface area contributed by atoms with Crippen LogP contribution in [0.2, 0.25) is 0 Å². The first kappa shape index (κ1) is 17.5. The molecule has 0 unspecified atom stereocenters. The molecular formula is C15H19N2O5-. The van der Waals surface area contributed by atoms with Gasteiger partial charge in [0.2, 0.25) is 5.91 Å². The van der Waals surface area contributed by atoms with Crippen LogP contribution in [0.3, 0.4) is 0 Å². The minimum atomic E-state index is -1.16. The number of hydrogen-bond donors (Lipinski definition) is 3. The Bertz CT molecular complexity index is 527. The first-order valence-corrected chi connectivity index (χ1v) is 7.03. The molecule has 0 saturated heterocycles. The molecule has 1 atom stereocenters. The molecule has 0 heterocycles. The van der Waals surface area contributed by atoms with Gasteiger partial charge >= 0.3 is 0 Å². The van der Waals surface area contributed by atoms with E-state index in [1.165, 1.54) is 24.3 Å². The van der Waals surface area contributed by atoms with Gasteiger partial charge in [-0.2, -0.15) is 0 Å². The lowest BCUT2D eigenvalue weighted by Crippen LogP contribution is -2.42. The molecule has 1 aromatic carbocycles. The van der Waals surface area contributed by atoms with Gasteiger partial charge in [-0.3, -0.25) is 20.4 Å². The predicted octanol–water partition coefficient (Wildman–Crippen LogP) is 0.0996. The third kappa shape index (κ3) is 5.82. The molecular weight excluding hydrogens is 288 g/mol. The lowest BCUT2D eigenvalue weighted by Gasteiger charge is -2.16. The normalized spacial score (nSPS) is 11.5. The summed E-state index contributed by atoms with van der Waals surface area (Å²) in [5, 5.41) is 20.0. The Hall–Kier alpha value is -2.57. The number of carboxylic acids is 1. The lowest BCUT2D eigenvalue weighted by atomic mass is 9.98. The second-order valence-electron chi connectivity index (χ2n) is 4.89. The van der Waals surface area contributed by atoms with E-state index in [2.05, 4.69) is 10.9 Å². The molecule has 0 aromatic heterocycles. The van der Waals surface area contributed by atoms with Crippen molar-refractivity contribution in [1.29, 1.82) is 0 Å². The molecule has 22 heavy (non-hydrogen) atoms. The molecule has 0 aliphatic rings. The van der Waals surface area contributed by atoms with E-state index in [-0.39, 0.29) is 24.2 Å². The van der Waals surface area contributed by atoms with Gasteiger partial charge in [0, 0.05) is 18.0 Å². The minimum Gasteiger partial charge on any atom is -0.550 e. The van der Waals surface area contributed by atoms with E-state index < -0.39 is 23.7 Å². The summed E-state index contributed by atoms with van der Waals surface area (Å²) in [4.78, 5) is 34.1. The molecule has 0 aliphatic carbocycles. The first-order valence-electron chi connectivity index (χ1n) is 7.03. The van der Waals surface area contributed by atoms with Crippen molar-refractivity contribution in [2.45, 2.75) is 32.6 Å². The summed E-state index contributed by atoms with van der Waals surface area (Å²) in [5.41, 5.74) is 4.71. The van der Waals surface area contributed by atoms with E-state index in [4.69, 9.17) is 5.11 Å². The van der Waals surface area contributed by atoms with E-state index >= 15 is 0 Å². The van der Waals surface area contributed by atoms with Gasteiger partial charge in [0.1, 0.15) is 5.75 Å². The standard InChI is InChI=1S/C15H20N2O5/c1-2-3-11(15(21)22)6-9-13(19)16-17-14(20)10-4-7-12(18)8-5-10/h4-5,7-8,11,18H,2-3,6,9H2,1H3,(H,16,19)(H,17,20)(H,21,22)/p-1/t11-/m1/s1. The number of carboxylic acid groups (broad SMARTS) is 1. The fourth-order valence-electron chi connectivity index (χ4n) is 1.91. The monoisotopic (exact) mass is 307 g/mol. The van der Waals surface area contributed by atoms with Gasteiger partial charge in [-0.25, -0.2) is 0 Å². The van der Waals surface area contributed by atoms with E-state index in [1.807, 2.05) is 6.92 Å². The van der Waals surface area contributed by atoms with Crippen LogP contribution in [0.4, 0.5) is 0 Å². The molecule has 0 saturated carbocycles. The van der Waals surface area contributed by atoms with Crippen molar-refractivity contribution in [2.75, 3.05) is 0 Å². The van der Waals surface area contributed by atoms with Crippen molar-refractivity contribution in [3.63, 3.8) is 0 Å². The highest BCUT2D eigenvalue weighted by atomic mass is 16.4. The maximum Gasteiger partial charge on any atom is 0.269 e. The number of aliphatic carboxylic acids is 1. The number of rotatable bonds is 7. The molecule has 7 nitrogen and oxygen atoms in total. The zero-order valence-electron chi connectivity index (χ0n) is 12.3. The zero-order valence-corrected chi connectivity index (χ0v) is 12.3. The number of phenols is 1. The van der Waals surface area contributed by atoms with Crippen LogP contribution in [0, 0.1) is 5.92 Å². The smallest absolute Gasteiger partial charge is 0.269 e. The van der Waals surface area contributed by atoms with Crippen molar-refractivity contribution >= 4 is 17.8 Å². The van der Waals surface area contributed by atoms with Crippen molar-refractivity contribution in [2.24, 2.45) is 5.92 Å². The molecule has 2 amide bonds. The quantitative estimate of drug-likeness (QED) is 0.617. The van der Waals surface area contributed by atoms with Crippen LogP contribution in [0.5, 0.6) is 5.75 Å². The molecule has 0 radical (unpaired) electrons. The van der Waals surface area contributed by atoms with Gasteiger partial charge in [-0.05, 0) is 43.0 Å². The van der Waals surface area contributed by atoms with Gasteiger partial charge < -0.3 is 15.0 Å². The summed E-state index contributed by atoms with van der Waals surface area (Å²) in [6.45, 7) is 1.86. The topological polar surface area (TPSA) is 119 Å². The van der Waals surface area contributed by atoms with Gasteiger partial charge in [-0.15, -0.1) is 0 Å².